The number of nitrogens with one attached hydrogen (secondary N) is 2. The fourth-order valence-corrected chi connectivity index (χ4v) is 1.97. The molecule has 1 heterocycles. The summed E-state index contributed by atoms with van der Waals surface area (Å²) in [5.41, 5.74) is 2.28. The number of aromatic nitrogens is 2. The molecule has 1 atom stereocenters. The minimum atomic E-state index is -4.03. The smallest absolute Gasteiger partial charge is 0.314 e. The third kappa shape index (κ3) is 7.20. The van der Waals surface area contributed by atoms with Crippen LogP contribution in [0.5, 0.6) is 0 Å². The Balaban J connectivity index is 2.04. The van der Waals surface area contributed by atoms with Crippen molar-refractivity contribution in [3.05, 3.63) is 17.5 Å². The number of hydrogen-bond donors (Lipinski definition) is 2. The van der Waals surface area contributed by atoms with E-state index in [2.05, 4.69) is 15.5 Å². The van der Waals surface area contributed by atoms with E-state index in [1.165, 1.54) is 5.56 Å². The molecule has 0 amide bonds. The summed E-state index contributed by atoms with van der Waals surface area (Å²) in [5, 5.41) is 10.1. The summed E-state index contributed by atoms with van der Waals surface area (Å²) < 4.78 is 35.9. The standard InChI is InChI=1S/C13H22F3N3/c1-10(5-3-7-13(14,15)16)17-8-4-6-12-9-18-19-11(12)2/h9-10,17H,3-8H2,1-2H3,(H,18,19). The van der Waals surface area contributed by atoms with Crippen molar-refractivity contribution in [1.29, 1.82) is 0 Å². The van der Waals surface area contributed by atoms with Crippen LogP contribution in [-0.4, -0.2) is 29.0 Å². The van der Waals surface area contributed by atoms with Gasteiger partial charge >= 0.3 is 6.18 Å². The van der Waals surface area contributed by atoms with Crippen LogP contribution in [0.25, 0.3) is 0 Å². The fourth-order valence-electron chi connectivity index (χ4n) is 1.97. The van der Waals surface area contributed by atoms with Gasteiger partial charge < -0.3 is 5.32 Å². The topological polar surface area (TPSA) is 40.7 Å². The lowest BCUT2D eigenvalue weighted by molar-refractivity contribution is -0.135. The molecule has 0 saturated heterocycles. The van der Waals surface area contributed by atoms with Gasteiger partial charge in [-0.2, -0.15) is 18.3 Å². The zero-order valence-corrected chi connectivity index (χ0v) is 11.5. The van der Waals surface area contributed by atoms with Crippen LogP contribution in [0, 0.1) is 6.92 Å². The van der Waals surface area contributed by atoms with Crippen molar-refractivity contribution >= 4 is 0 Å². The molecule has 0 fully saturated rings. The molecule has 0 saturated carbocycles. The molecule has 0 aliphatic heterocycles. The van der Waals surface area contributed by atoms with Crippen LogP contribution in [-0.2, 0) is 6.42 Å². The molecular formula is C13H22F3N3. The normalized spacial score (nSPS) is 13.7. The molecule has 1 aromatic rings. The van der Waals surface area contributed by atoms with Crippen molar-refractivity contribution in [1.82, 2.24) is 15.5 Å². The third-order valence-electron chi connectivity index (χ3n) is 3.15. The van der Waals surface area contributed by atoms with E-state index in [-0.39, 0.29) is 12.5 Å². The Kier molecular flexibility index (Phi) is 6.34. The van der Waals surface area contributed by atoms with Crippen LogP contribution in [0.3, 0.4) is 0 Å². The van der Waals surface area contributed by atoms with Crippen molar-refractivity contribution < 1.29 is 13.2 Å². The predicted octanol–water partition coefficient (Wildman–Crippen LogP) is 3.36. The average molecular weight is 277 g/mol. The molecule has 1 aromatic heterocycles. The van der Waals surface area contributed by atoms with Crippen molar-refractivity contribution in [2.45, 2.75) is 58.2 Å². The van der Waals surface area contributed by atoms with Crippen LogP contribution in [0.2, 0.25) is 0 Å². The third-order valence-corrected chi connectivity index (χ3v) is 3.15. The number of rotatable bonds is 8. The zero-order valence-electron chi connectivity index (χ0n) is 11.5. The summed E-state index contributed by atoms with van der Waals surface area (Å²) in [6.45, 7) is 4.73. The molecule has 0 aromatic carbocycles. The van der Waals surface area contributed by atoms with E-state index in [1.807, 2.05) is 20.0 Å². The first-order chi connectivity index (χ1) is 8.88. The number of hydrogen-bond acceptors (Lipinski definition) is 2. The number of nitrogens with zero attached hydrogens (tertiary/aromatic N) is 1. The first-order valence-electron chi connectivity index (χ1n) is 6.67. The minimum absolute atomic E-state index is 0.132. The largest absolute Gasteiger partial charge is 0.389 e. The molecule has 0 spiro atoms. The maximum Gasteiger partial charge on any atom is 0.389 e. The predicted molar refractivity (Wildman–Crippen MR) is 69.0 cm³/mol. The molecule has 110 valence electrons. The summed E-state index contributed by atoms with van der Waals surface area (Å²) >= 11 is 0. The summed E-state index contributed by atoms with van der Waals surface area (Å²) in [5.74, 6) is 0. The lowest BCUT2D eigenvalue weighted by atomic mass is 10.1. The van der Waals surface area contributed by atoms with Gasteiger partial charge in [-0.3, -0.25) is 5.10 Å². The van der Waals surface area contributed by atoms with Gasteiger partial charge in [0.2, 0.25) is 0 Å². The van der Waals surface area contributed by atoms with Gasteiger partial charge in [-0.1, -0.05) is 0 Å². The van der Waals surface area contributed by atoms with Crippen LogP contribution in [0.4, 0.5) is 13.2 Å². The zero-order chi connectivity index (χ0) is 14.3. The van der Waals surface area contributed by atoms with E-state index in [4.69, 9.17) is 0 Å². The molecule has 3 nitrogen and oxygen atoms in total. The molecular weight excluding hydrogens is 255 g/mol. The Morgan fingerprint density at radius 3 is 2.68 bits per heavy atom. The molecule has 0 bridgehead atoms. The van der Waals surface area contributed by atoms with E-state index in [0.717, 1.165) is 25.1 Å². The van der Waals surface area contributed by atoms with Gasteiger partial charge in [0.15, 0.2) is 0 Å². The van der Waals surface area contributed by atoms with Gasteiger partial charge in [0.1, 0.15) is 0 Å². The lowest BCUT2D eigenvalue weighted by Crippen LogP contribution is -2.27. The van der Waals surface area contributed by atoms with Crippen molar-refractivity contribution in [3.8, 4) is 0 Å². The Bertz CT molecular complexity index is 360. The second kappa shape index (κ2) is 7.53. The molecule has 1 rings (SSSR count). The van der Waals surface area contributed by atoms with Crippen LogP contribution in [0.1, 0.15) is 43.9 Å². The van der Waals surface area contributed by atoms with E-state index >= 15 is 0 Å². The van der Waals surface area contributed by atoms with Gasteiger partial charge in [-0.05, 0) is 51.6 Å². The maximum absolute atomic E-state index is 12.0. The van der Waals surface area contributed by atoms with Crippen LogP contribution >= 0.6 is 0 Å². The first kappa shape index (κ1) is 16.0. The lowest BCUT2D eigenvalue weighted by Gasteiger charge is -2.14. The Morgan fingerprint density at radius 2 is 2.11 bits per heavy atom. The maximum atomic E-state index is 12.0. The highest BCUT2D eigenvalue weighted by Crippen LogP contribution is 2.22. The van der Waals surface area contributed by atoms with Crippen molar-refractivity contribution in [3.63, 3.8) is 0 Å². The summed E-state index contributed by atoms with van der Waals surface area (Å²) in [6.07, 6.45) is -0.245. The summed E-state index contributed by atoms with van der Waals surface area (Å²) in [7, 11) is 0. The molecule has 19 heavy (non-hydrogen) atoms. The van der Waals surface area contributed by atoms with E-state index in [0.29, 0.717) is 6.42 Å². The number of halogens is 3. The molecule has 0 aliphatic carbocycles. The molecule has 0 radical (unpaired) electrons. The Morgan fingerprint density at radius 1 is 1.37 bits per heavy atom. The number of alkyl halides is 3. The van der Waals surface area contributed by atoms with Gasteiger partial charge in [0.05, 0.1) is 6.20 Å². The SMILES string of the molecule is Cc1[nH]ncc1CCCNC(C)CCCC(F)(F)F. The average Bonchev–Trinajstić information content (AvgIpc) is 2.69. The van der Waals surface area contributed by atoms with E-state index < -0.39 is 12.6 Å². The van der Waals surface area contributed by atoms with E-state index in [1.54, 1.807) is 0 Å². The Hall–Kier alpha value is -1.04. The van der Waals surface area contributed by atoms with Gasteiger partial charge in [-0.25, -0.2) is 0 Å². The minimum Gasteiger partial charge on any atom is -0.314 e. The highest BCUT2D eigenvalue weighted by atomic mass is 19.4. The van der Waals surface area contributed by atoms with Gasteiger partial charge in [-0.15, -0.1) is 0 Å². The summed E-state index contributed by atoms with van der Waals surface area (Å²) in [6, 6.07) is 0.132. The first-order valence-corrected chi connectivity index (χ1v) is 6.67. The van der Waals surface area contributed by atoms with E-state index in [9.17, 15) is 13.2 Å². The van der Waals surface area contributed by atoms with Crippen molar-refractivity contribution in [2.24, 2.45) is 0 Å². The molecule has 2 N–H and O–H groups in total. The highest BCUT2D eigenvalue weighted by Gasteiger charge is 2.26. The molecule has 0 aliphatic rings. The van der Waals surface area contributed by atoms with Crippen molar-refractivity contribution in [2.75, 3.05) is 6.54 Å². The van der Waals surface area contributed by atoms with Crippen LogP contribution < -0.4 is 5.32 Å². The molecule has 6 heteroatoms. The number of aryl methyl sites for hydroxylation is 2. The second-order valence-corrected chi connectivity index (χ2v) is 4.99. The Labute approximate surface area is 112 Å². The molecule has 1 unspecified atom stereocenters. The monoisotopic (exact) mass is 277 g/mol. The second-order valence-electron chi connectivity index (χ2n) is 4.99. The number of aromatic amines is 1. The van der Waals surface area contributed by atoms with Gasteiger partial charge in [0.25, 0.3) is 0 Å². The highest BCUT2D eigenvalue weighted by molar-refractivity contribution is 5.14. The summed E-state index contributed by atoms with van der Waals surface area (Å²) in [4.78, 5) is 0. The number of H-pyrrole nitrogens is 1. The van der Waals surface area contributed by atoms with Gasteiger partial charge in [0, 0.05) is 18.2 Å². The van der Waals surface area contributed by atoms with Crippen LogP contribution in [0.15, 0.2) is 6.20 Å². The quantitative estimate of drug-likeness (QED) is 0.715. The fraction of sp³-hybridized carbons (Fsp3) is 0.769.